The van der Waals surface area contributed by atoms with Crippen LogP contribution in [0.15, 0.2) is 6.20 Å². The van der Waals surface area contributed by atoms with Crippen LogP contribution in [0.4, 0.5) is 10.6 Å². The van der Waals surface area contributed by atoms with Crippen molar-refractivity contribution in [1.29, 1.82) is 0 Å². The molecule has 0 saturated carbocycles. The van der Waals surface area contributed by atoms with Crippen molar-refractivity contribution in [3.63, 3.8) is 0 Å². The Bertz CT molecular complexity index is 402. The SMILES string of the molecule is COC(=O)Nc1ncc(C(C)(C)C)nc1Cl. The maximum absolute atomic E-state index is 11.0. The van der Waals surface area contributed by atoms with Crippen molar-refractivity contribution in [2.24, 2.45) is 0 Å². The quantitative estimate of drug-likeness (QED) is 0.824. The molecule has 0 saturated heterocycles. The van der Waals surface area contributed by atoms with Gasteiger partial charge in [0, 0.05) is 5.41 Å². The van der Waals surface area contributed by atoms with Gasteiger partial charge in [0.2, 0.25) is 0 Å². The van der Waals surface area contributed by atoms with Gasteiger partial charge in [0.15, 0.2) is 11.0 Å². The minimum atomic E-state index is -0.625. The zero-order valence-corrected chi connectivity index (χ0v) is 10.4. The summed E-state index contributed by atoms with van der Waals surface area (Å²) in [7, 11) is 1.26. The number of ether oxygens (including phenoxy) is 1. The molecule has 0 aliphatic carbocycles. The number of methoxy groups -OCH3 is 1. The van der Waals surface area contributed by atoms with E-state index in [1.54, 1.807) is 6.20 Å². The second-order valence-electron chi connectivity index (χ2n) is 4.26. The van der Waals surface area contributed by atoms with Gasteiger partial charge in [-0.1, -0.05) is 32.4 Å². The van der Waals surface area contributed by atoms with E-state index in [0.29, 0.717) is 0 Å². The molecule has 0 aliphatic rings. The summed E-state index contributed by atoms with van der Waals surface area (Å²) in [6.07, 6.45) is 0.955. The number of rotatable bonds is 1. The zero-order chi connectivity index (χ0) is 12.3. The molecule has 1 heterocycles. The lowest BCUT2D eigenvalue weighted by atomic mass is 9.93. The van der Waals surface area contributed by atoms with Crippen LogP contribution >= 0.6 is 11.6 Å². The van der Waals surface area contributed by atoms with Crippen LogP contribution in [0.5, 0.6) is 0 Å². The molecule has 0 aliphatic heterocycles. The first-order valence-corrected chi connectivity index (χ1v) is 5.10. The molecule has 0 atom stereocenters. The van der Waals surface area contributed by atoms with E-state index >= 15 is 0 Å². The van der Waals surface area contributed by atoms with Gasteiger partial charge in [0.1, 0.15) is 0 Å². The van der Waals surface area contributed by atoms with E-state index in [1.807, 2.05) is 20.8 Å². The van der Waals surface area contributed by atoms with Crippen LogP contribution in [0.2, 0.25) is 5.15 Å². The predicted molar refractivity (Wildman–Crippen MR) is 61.8 cm³/mol. The lowest BCUT2D eigenvalue weighted by Gasteiger charge is -2.17. The van der Waals surface area contributed by atoms with Crippen molar-refractivity contribution in [3.8, 4) is 0 Å². The average Bonchev–Trinajstić information content (AvgIpc) is 2.19. The van der Waals surface area contributed by atoms with E-state index in [1.165, 1.54) is 7.11 Å². The number of carbonyl (C=O) groups is 1. The normalized spacial score (nSPS) is 11.1. The number of hydrogen-bond donors (Lipinski definition) is 1. The molecule has 0 spiro atoms. The largest absolute Gasteiger partial charge is 0.453 e. The third-order valence-electron chi connectivity index (χ3n) is 1.90. The first-order valence-electron chi connectivity index (χ1n) is 4.72. The molecule has 0 aromatic carbocycles. The molecule has 6 heteroatoms. The highest BCUT2D eigenvalue weighted by atomic mass is 35.5. The van der Waals surface area contributed by atoms with Crippen LogP contribution in [0.1, 0.15) is 26.5 Å². The lowest BCUT2D eigenvalue weighted by molar-refractivity contribution is 0.187. The van der Waals surface area contributed by atoms with Crippen LogP contribution in [-0.4, -0.2) is 23.2 Å². The molecule has 0 bridgehead atoms. The van der Waals surface area contributed by atoms with Gasteiger partial charge in [-0.05, 0) is 0 Å². The Morgan fingerprint density at radius 2 is 2.12 bits per heavy atom. The Balaban J connectivity index is 2.96. The van der Waals surface area contributed by atoms with Gasteiger partial charge >= 0.3 is 6.09 Å². The van der Waals surface area contributed by atoms with E-state index < -0.39 is 6.09 Å². The number of carbonyl (C=O) groups excluding carboxylic acids is 1. The highest BCUT2D eigenvalue weighted by Crippen LogP contribution is 2.24. The van der Waals surface area contributed by atoms with E-state index in [4.69, 9.17) is 11.6 Å². The fourth-order valence-corrected chi connectivity index (χ4v) is 1.15. The molecule has 1 aromatic rings. The maximum atomic E-state index is 11.0. The Labute approximate surface area is 99.2 Å². The van der Waals surface area contributed by atoms with Crippen LogP contribution in [0.25, 0.3) is 0 Å². The van der Waals surface area contributed by atoms with Crippen LogP contribution in [0, 0.1) is 0 Å². The van der Waals surface area contributed by atoms with Crippen molar-refractivity contribution in [2.45, 2.75) is 26.2 Å². The third-order valence-corrected chi connectivity index (χ3v) is 2.17. The molecular weight excluding hydrogens is 230 g/mol. The van der Waals surface area contributed by atoms with Gasteiger partial charge < -0.3 is 4.74 Å². The summed E-state index contributed by atoms with van der Waals surface area (Å²) in [6.45, 7) is 6.00. The standard InChI is InChI=1S/C10H14ClN3O2/c1-10(2,3)6-5-12-8(7(11)13-6)14-9(15)16-4/h5H,1-4H3,(H,12,14,15). The summed E-state index contributed by atoms with van der Waals surface area (Å²) >= 11 is 5.89. The van der Waals surface area contributed by atoms with Gasteiger partial charge in [0.05, 0.1) is 19.0 Å². The molecule has 1 aromatic heterocycles. The van der Waals surface area contributed by atoms with E-state index in [9.17, 15) is 4.79 Å². The second kappa shape index (κ2) is 4.65. The molecule has 0 radical (unpaired) electrons. The monoisotopic (exact) mass is 243 g/mol. The maximum Gasteiger partial charge on any atom is 0.412 e. The number of nitrogens with zero attached hydrogens (tertiary/aromatic N) is 2. The Kier molecular flexibility index (Phi) is 3.70. The molecule has 0 unspecified atom stereocenters. The number of amides is 1. The van der Waals surface area contributed by atoms with Gasteiger partial charge in [0.25, 0.3) is 0 Å². The summed E-state index contributed by atoms with van der Waals surface area (Å²) in [6, 6.07) is 0. The highest BCUT2D eigenvalue weighted by Gasteiger charge is 2.18. The molecule has 1 rings (SSSR count). The number of hydrogen-bond acceptors (Lipinski definition) is 4. The minimum absolute atomic E-state index is 0.138. The van der Waals surface area contributed by atoms with E-state index in [-0.39, 0.29) is 16.4 Å². The fraction of sp³-hybridized carbons (Fsp3) is 0.500. The van der Waals surface area contributed by atoms with Crippen LogP contribution in [0.3, 0.4) is 0 Å². The minimum Gasteiger partial charge on any atom is -0.453 e. The number of anilines is 1. The number of aromatic nitrogens is 2. The molecule has 1 N–H and O–H groups in total. The van der Waals surface area contributed by atoms with Crippen molar-refractivity contribution < 1.29 is 9.53 Å². The highest BCUT2D eigenvalue weighted by molar-refractivity contribution is 6.32. The predicted octanol–water partition coefficient (Wildman–Crippen LogP) is 2.61. The van der Waals surface area contributed by atoms with Crippen LogP contribution < -0.4 is 5.32 Å². The van der Waals surface area contributed by atoms with E-state index in [2.05, 4.69) is 20.0 Å². The summed E-state index contributed by atoms with van der Waals surface area (Å²) in [5, 5.41) is 2.52. The average molecular weight is 244 g/mol. The van der Waals surface area contributed by atoms with Gasteiger partial charge in [-0.15, -0.1) is 0 Å². The fourth-order valence-electron chi connectivity index (χ4n) is 0.959. The molecular formula is C10H14ClN3O2. The summed E-state index contributed by atoms with van der Waals surface area (Å²) in [4.78, 5) is 19.1. The number of nitrogens with one attached hydrogen (secondary N) is 1. The van der Waals surface area contributed by atoms with Gasteiger partial charge in [-0.2, -0.15) is 0 Å². The Morgan fingerprint density at radius 3 is 2.56 bits per heavy atom. The summed E-state index contributed by atoms with van der Waals surface area (Å²) in [5.41, 5.74) is 0.619. The molecule has 16 heavy (non-hydrogen) atoms. The summed E-state index contributed by atoms with van der Waals surface area (Å²) < 4.78 is 4.43. The molecule has 0 fully saturated rings. The van der Waals surface area contributed by atoms with Crippen molar-refractivity contribution in [3.05, 3.63) is 17.0 Å². The summed E-state index contributed by atoms with van der Waals surface area (Å²) in [5.74, 6) is 0.196. The third kappa shape index (κ3) is 3.06. The van der Waals surface area contributed by atoms with Crippen molar-refractivity contribution >= 4 is 23.5 Å². The Morgan fingerprint density at radius 1 is 1.50 bits per heavy atom. The second-order valence-corrected chi connectivity index (χ2v) is 4.62. The molecule has 5 nitrogen and oxygen atoms in total. The van der Waals surface area contributed by atoms with Gasteiger partial charge in [-0.3, -0.25) is 5.32 Å². The topological polar surface area (TPSA) is 64.1 Å². The van der Waals surface area contributed by atoms with Crippen LogP contribution in [-0.2, 0) is 10.2 Å². The van der Waals surface area contributed by atoms with Crippen molar-refractivity contribution in [1.82, 2.24) is 9.97 Å². The first-order chi connectivity index (χ1) is 7.34. The number of halogens is 1. The van der Waals surface area contributed by atoms with Gasteiger partial charge in [-0.25, -0.2) is 14.8 Å². The molecule has 88 valence electrons. The smallest absolute Gasteiger partial charge is 0.412 e. The Hall–Kier alpha value is -1.36. The lowest BCUT2D eigenvalue weighted by Crippen LogP contribution is -2.17. The van der Waals surface area contributed by atoms with E-state index in [0.717, 1.165) is 5.69 Å². The molecule has 1 amide bonds. The van der Waals surface area contributed by atoms with Crippen molar-refractivity contribution in [2.75, 3.05) is 12.4 Å². The first kappa shape index (κ1) is 12.7. The zero-order valence-electron chi connectivity index (χ0n) is 9.67.